The lowest BCUT2D eigenvalue weighted by Gasteiger charge is -2.28. The van der Waals surface area contributed by atoms with Crippen molar-refractivity contribution in [2.24, 2.45) is 0 Å². The number of amides is 2. The van der Waals surface area contributed by atoms with E-state index in [-0.39, 0.29) is 24.2 Å². The Morgan fingerprint density at radius 3 is 2.65 bits per heavy atom. The zero-order valence-corrected chi connectivity index (χ0v) is 13.9. The summed E-state index contributed by atoms with van der Waals surface area (Å²) in [4.78, 5) is 16.1. The van der Waals surface area contributed by atoms with Crippen LogP contribution in [0.1, 0.15) is 17.2 Å². The van der Waals surface area contributed by atoms with Gasteiger partial charge in [-0.3, -0.25) is 4.90 Å². The molecule has 2 aromatic rings. The molecule has 0 spiro atoms. The second-order valence-corrected chi connectivity index (χ2v) is 6.23. The van der Waals surface area contributed by atoms with Crippen molar-refractivity contribution in [3.8, 4) is 0 Å². The van der Waals surface area contributed by atoms with Crippen molar-refractivity contribution in [1.82, 2.24) is 15.1 Å². The lowest BCUT2D eigenvalue weighted by molar-refractivity contribution is 0.170. The van der Waals surface area contributed by atoms with E-state index >= 15 is 0 Å². The summed E-state index contributed by atoms with van der Waals surface area (Å²) in [6, 6.07) is 12.4. The van der Waals surface area contributed by atoms with Crippen molar-refractivity contribution in [1.29, 1.82) is 0 Å². The molecule has 0 unspecified atom stereocenters. The number of rotatable bonds is 2. The molecule has 1 N–H and O–H groups in total. The SMILES string of the molecule is O=C(N1C=CNC1)N1CC(c2cc(F)ccc2F)=C[C@H]1c1ccccc1. The molecule has 26 heavy (non-hydrogen) atoms. The second kappa shape index (κ2) is 6.63. The molecular weight excluding hydrogens is 336 g/mol. The fourth-order valence-electron chi connectivity index (χ4n) is 3.29. The number of halogens is 2. The molecular formula is C20H17F2N3O. The van der Waals surface area contributed by atoms with Crippen molar-refractivity contribution in [3.05, 3.63) is 89.8 Å². The van der Waals surface area contributed by atoms with Gasteiger partial charge in [-0.05, 0) is 29.3 Å². The molecule has 0 aliphatic carbocycles. The predicted molar refractivity (Wildman–Crippen MR) is 94.6 cm³/mol. The Bertz CT molecular complexity index is 895. The molecule has 2 amide bonds. The van der Waals surface area contributed by atoms with Crippen LogP contribution in [0.5, 0.6) is 0 Å². The van der Waals surface area contributed by atoms with Gasteiger partial charge in [0.25, 0.3) is 0 Å². The van der Waals surface area contributed by atoms with Gasteiger partial charge < -0.3 is 10.2 Å². The molecule has 0 radical (unpaired) electrons. The lowest BCUT2D eigenvalue weighted by Crippen LogP contribution is -2.41. The highest BCUT2D eigenvalue weighted by molar-refractivity contribution is 5.83. The summed E-state index contributed by atoms with van der Waals surface area (Å²) < 4.78 is 27.9. The minimum Gasteiger partial charge on any atom is -0.372 e. The highest BCUT2D eigenvalue weighted by atomic mass is 19.1. The average molecular weight is 353 g/mol. The van der Waals surface area contributed by atoms with Gasteiger partial charge in [0.1, 0.15) is 11.6 Å². The first-order valence-corrected chi connectivity index (χ1v) is 8.32. The maximum absolute atomic E-state index is 14.2. The first-order chi connectivity index (χ1) is 12.6. The third kappa shape index (κ3) is 2.94. The maximum atomic E-state index is 14.2. The van der Waals surface area contributed by atoms with Crippen molar-refractivity contribution < 1.29 is 13.6 Å². The van der Waals surface area contributed by atoms with Gasteiger partial charge in [-0.1, -0.05) is 36.4 Å². The van der Waals surface area contributed by atoms with Gasteiger partial charge in [0, 0.05) is 24.5 Å². The Kier molecular flexibility index (Phi) is 4.16. The standard InChI is InChI=1S/C20H17F2N3O/c21-16-6-7-18(22)17(11-16)15-10-19(14-4-2-1-3-5-14)25(12-15)20(26)24-9-8-23-13-24/h1-11,19,23H,12-13H2/t19-/m0/s1. The third-order valence-electron chi connectivity index (χ3n) is 4.58. The van der Waals surface area contributed by atoms with E-state index in [0.717, 1.165) is 17.7 Å². The molecule has 2 aliphatic rings. The first-order valence-electron chi connectivity index (χ1n) is 8.32. The highest BCUT2D eigenvalue weighted by Gasteiger charge is 2.34. The molecule has 0 fully saturated rings. The van der Waals surface area contributed by atoms with Crippen LogP contribution in [0.3, 0.4) is 0 Å². The van der Waals surface area contributed by atoms with Crippen LogP contribution in [0.2, 0.25) is 0 Å². The number of benzene rings is 2. The molecule has 4 rings (SSSR count). The van der Waals surface area contributed by atoms with Gasteiger partial charge in [-0.15, -0.1) is 0 Å². The third-order valence-corrected chi connectivity index (χ3v) is 4.58. The lowest BCUT2D eigenvalue weighted by atomic mass is 10.0. The van der Waals surface area contributed by atoms with Crippen LogP contribution in [-0.2, 0) is 0 Å². The number of nitrogens with one attached hydrogen (secondary N) is 1. The number of carbonyl (C=O) groups excluding carboxylic acids is 1. The van der Waals surface area contributed by atoms with Crippen LogP contribution in [-0.4, -0.2) is 29.0 Å². The maximum Gasteiger partial charge on any atom is 0.326 e. The van der Waals surface area contributed by atoms with Crippen LogP contribution < -0.4 is 5.32 Å². The first kappa shape index (κ1) is 16.3. The van der Waals surface area contributed by atoms with Crippen molar-refractivity contribution in [2.45, 2.75) is 6.04 Å². The molecule has 0 saturated carbocycles. The van der Waals surface area contributed by atoms with E-state index in [9.17, 15) is 13.6 Å². The second-order valence-electron chi connectivity index (χ2n) is 6.23. The van der Waals surface area contributed by atoms with Crippen molar-refractivity contribution >= 4 is 11.6 Å². The predicted octanol–water partition coefficient (Wildman–Crippen LogP) is 3.86. The molecule has 0 saturated heterocycles. The molecule has 0 aromatic heterocycles. The highest BCUT2D eigenvalue weighted by Crippen LogP contribution is 2.36. The zero-order chi connectivity index (χ0) is 18.1. The van der Waals surface area contributed by atoms with Crippen molar-refractivity contribution in [3.63, 3.8) is 0 Å². The number of hydrogen-bond acceptors (Lipinski definition) is 2. The van der Waals surface area contributed by atoms with Gasteiger partial charge in [-0.2, -0.15) is 0 Å². The molecule has 4 nitrogen and oxygen atoms in total. The summed E-state index contributed by atoms with van der Waals surface area (Å²) in [6.45, 7) is 0.601. The summed E-state index contributed by atoms with van der Waals surface area (Å²) in [5.41, 5.74) is 1.71. The molecule has 6 heteroatoms. The molecule has 2 aliphatic heterocycles. The Morgan fingerprint density at radius 2 is 1.92 bits per heavy atom. The number of carbonyl (C=O) groups is 1. The van der Waals surface area contributed by atoms with Crippen LogP contribution in [0.4, 0.5) is 13.6 Å². The fourth-order valence-corrected chi connectivity index (χ4v) is 3.29. The van der Waals surface area contributed by atoms with Crippen LogP contribution >= 0.6 is 0 Å². The van der Waals surface area contributed by atoms with Gasteiger partial charge >= 0.3 is 6.03 Å². The Labute approximate surface area is 150 Å². The van der Waals surface area contributed by atoms with E-state index in [1.54, 1.807) is 22.2 Å². The van der Waals surface area contributed by atoms with E-state index in [4.69, 9.17) is 0 Å². The molecule has 132 valence electrons. The number of urea groups is 1. The van der Waals surface area contributed by atoms with Crippen molar-refractivity contribution in [2.75, 3.05) is 13.2 Å². The summed E-state index contributed by atoms with van der Waals surface area (Å²) in [7, 11) is 0. The summed E-state index contributed by atoms with van der Waals surface area (Å²) in [6.07, 6.45) is 5.20. The van der Waals surface area contributed by atoms with E-state index in [1.165, 1.54) is 6.07 Å². The van der Waals surface area contributed by atoms with E-state index in [0.29, 0.717) is 12.2 Å². The normalized spacial score (nSPS) is 18.8. The molecule has 2 aromatic carbocycles. The Morgan fingerprint density at radius 1 is 1.12 bits per heavy atom. The van der Waals surface area contributed by atoms with Gasteiger partial charge in [0.2, 0.25) is 0 Å². The Balaban J connectivity index is 1.72. The minimum absolute atomic E-state index is 0.191. The largest absolute Gasteiger partial charge is 0.372 e. The van der Waals surface area contributed by atoms with E-state index in [2.05, 4.69) is 5.32 Å². The molecule has 2 heterocycles. The quantitative estimate of drug-likeness (QED) is 0.890. The number of nitrogens with zero attached hydrogens (tertiary/aromatic N) is 2. The summed E-state index contributed by atoms with van der Waals surface area (Å²) in [5.74, 6) is -1.00. The molecule has 0 bridgehead atoms. The monoisotopic (exact) mass is 353 g/mol. The minimum atomic E-state index is -0.505. The fraction of sp³-hybridized carbons (Fsp3) is 0.150. The molecule has 1 atom stereocenters. The van der Waals surface area contributed by atoms with E-state index < -0.39 is 11.6 Å². The summed E-state index contributed by atoms with van der Waals surface area (Å²) in [5, 5.41) is 2.96. The van der Waals surface area contributed by atoms with Crippen LogP contribution in [0.15, 0.2) is 67.0 Å². The van der Waals surface area contributed by atoms with Gasteiger partial charge in [-0.25, -0.2) is 13.6 Å². The van der Waals surface area contributed by atoms with Crippen LogP contribution in [0, 0.1) is 11.6 Å². The topological polar surface area (TPSA) is 35.6 Å². The van der Waals surface area contributed by atoms with Gasteiger partial charge in [0.15, 0.2) is 0 Å². The Hall–Kier alpha value is -3.15. The average Bonchev–Trinajstić information content (AvgIpc) is 3.34. The van der Waals surface area contributed by atoms with Gasteiger partial charge in [0.05, 0.1) is 12.7 Å². The van der Waals surface area contributed by atoms with E-state index in [1.807, 2.05) is 36.4 Å². The summed E-state index contributed by atoms with van der Waals surface area (Å²) >= 11 is 0. The zero-order valence-electron chi connectivity index (χ0n) is 13.9. The smallest absolute Gasteiger partial charge is 0.326 e. The number of hydrogen-bond donors (Lipinski definition) is 1. The van der Waals surface area contributed by atoms with Crippen LogP contribution in [0.25, 0.3) is 5.57 Å².